The third-order valence-corrected chi connectivity index (χ3v) is 6.74. The van der Waals surface area contributed by atoms with E-state index >= 15 is 0 Å². The first-order chi connectivity index (χ1) is 12.1. The van der Waals surface area contributed by atoms with Gasteiger partial charge >= 0.3 is 0 Å². The maximum absolute atomic E-state index is 11.9. The van der Waals surface area contributed by atoms with Crippen molar-refractivity contribution in [3.8, 4) is 0 Å². The molecule has 1 aromatic heterocycles. The molecule has 2 rings (SSSR count). The third-order valence-electron chi connectivity index (χ3n) is 4.46. The van der Waals surface area contributed by atoms with Crippen LogP contribution < -0.4 is 5.73 Å². The fourth-order valence-corrected chi connectivity index (χ4v) is 4.64. The molecule has 2 N–H and O–H groups in total. The van der Waals surface area contributed by atoms with Crippen LogP contribution >= 0.6 is 27.7 Å². The lowest BCUT2D eigenvalue weighted by Crippen LogP contribution is -2.46. The van der Waals surface area contributed by atoms with Gasteiger partial charge in [0.1, 0.15) is 5.94 Å². The molecule has 0 spiro atoms. The molecule has 0 aliphatic heterocycles. The predicted octanol–water partition coefficient (Wildman–Crippen LogP) is 5.00. The molecule has 0 aliphatic carbocycles. The van der Waals surface area contributed by atoms with E-state index < -0.39 is 5.54 Å². The summed E-state index contributed by atoms with van der Waals surface area (Å²) in [5, 5.41) is 0. The molecule has 0 saturated carbocycles. The number of pyridine rings is 1. The molecule has 132 valence electrons. The fraction of sp³-hybridized carbons (Fsp3) is 0.350. The number of rotatable bonds is 8. The van der Waals surface area contributed by atoms with Gasteiger partial charge in [0.15, 0.2) is 0 Å². The van der Waals surface area contributed by atoms with E-state index in [-0.39, 0.29) is 5.92 Å². The van der Waals surface area contributed by atoms with Crippen molar-refractivity contribution in [1.82, 2.24) is 4.98 Å². The Hall–Kier alpha value is -1.39. The normalized spacial score (nSPS) is 14.4. The van der Waals surface area contributed by atoms with Crippen LogP contribution in [0.3, 0.4) is 0 Å². The van der Waals surface area contributed by atoms with Crippen molar-refractivity contribution in [3.63, 3.8) is 0 Å². The number of aromatic nitrogens is 1. The maximum atomic E-state index is 11.9. The number of benzene rings is 1. The molecule has 2 aromatic rings. The van der Waals surface area contributed by atoms with Crippen molar-refractivity contribution >= 4 is 33.6 Å². The van der Waals surface area contributed by atoms with Crippen LogP contribution in [0.5, 0.6) is 0 Å². The van der Waals surface area contributed by atoms with E-state index in [1.807, 2.05) is 37.3 Å². The zero-order valence-corrected chi connectivity index (χ0v) is 16.9. The minimum absolute atomic E-state index is 0.0368. The number of halogens is 1. The summed E-state index contributed by atoms with van der Waals surface area (Å²) in [6.07, 6.45) is 4.98. The summed E-state index contributed by atoms with van der Waals surface area (Å²) < 4.78 is 1.04. The first-order valence-corrected chi connectivity index (χ1v) is 10.1. The van der Waals surface area contributed by atoms with E-state index in [9.17, 15) is 4.79 Å². The Morgan fingerprint density at radius 3 is 2.52 bits per heavy atom. The molecule has 0 amide bonds. The highest BCUT2D eigenvalue weighted by molar-refractivity contribution is 9.10. The largest absolute Gasteiger partial charge is 0.320 e. The molecule has 2 unspecified atom stereocenters. The molecule has 0 bridgehead atoms. The fourth-order valence-electron chi connectivity index (χ4n) is 2.86. The Labute approximate surface area is 162 Å². The molecular weight excluding hydrogens is 396 g/mol. The van der Waals surface area contributed by atoms with Gasteiger partial charge in [-0.1, -0.05) is 26.0 Å². The summed E-state index contributed by atoms with van der Waals surface area (Å²) in [6, 6.07) is 11.9. The van der Waals surface area contributed by atoms with Gasteiger partial charge in [0.2, 0.25) is 0 Å². The highest BCUT2D eigenvalue weighted by atomic mass is 79.9. The zero-order valence-electron chi connectivity index (χ0n) is 14.5. The lowest BCUT2D eigenvalue weighted by Gasteiger charge is -2.33. The highest BCUT2D eigenvalue weighted by Gasteiger charge is 2.34. The number of thioether (sulfide) groups is 1. The van der Waals surface area contributed by atoms with Gasteiger partial charge in [0.25, 0.3) is 0 Å². The van der Waals surface area contributed by atoms with Crippen molar-refractivity contribution in [2.75, 3.05) is 5.75 Å². The third kappa shape index (κ3) is 4.83. The Morgan fingerprint density at radius 1 is 1.28 bits per heavy atom. The van der Waals surface area contributed by atoms with E-state index in [0.29, 0.717) is 17.7 Å². The Kier molecular flexibility index (Phi) is 7.45. The highest BCUT2D eigenvalue weighted by Crippen LogP contribution is 2.37. The summed E-state index contributed by atoms with van der Waals surface area (Å²) in [5.41, 5.74) is 7.71. The molecule has 3 nitrogen and oxygen atoms in total. The van der Waals surface area contributed by atoms with Crippen molar-refractivity contribution in [1.29, 1.82) is 0 Å². The molecule has 2 atom stereocenters. The van der Waals surface area contributed by atoms with Gasteiger partial charge in [-0.25, -0.2) is 4.79 Å². The monoisotopic (exact) mass is 418 g/mol. The lowest BCUT2D eigenvalue weighted by atomic mass is 9.78. The molecule has 0 saturated heterocycles. The molecular formula is C20H23BrN2OS. The first kappa shape index (κ1) is 19.9. The van der Waals surface area contributed by atoms with E-state index in [2.05, 4.69) is 39.8 Å². The number of hydrogen-bond donors (Lipinski definition) is 1. The van der Waals surface area contributed by atoms with Gasteiger partial charge in [-0.3, -0.25) is 4.98 Å². The minimum Gasteiger partial charge on any atom is -0.320 e. The number of nitrogens with two attached hydrogens (primary N) is 1. The van der Waals surface area contributed by atoms with Crippen LogP contribution in [0.15, 0.2) is 63.7 Å². The quantitative estimate of drug-likeness (QED) is 0.484. The predicted molar refractivity (Wildman–Crippen MR) is 109 cm³/mol. The summed E-state index contributed by atoms with van der Waals surface area (Å²) in [6.45, 7) is 4.09. The molecule has 0 fully saturated rings. The van der Waals surface area contributed by atoms with Gasteiger partial charge in [0, 0.05) is 39.0 Å². The smallest absolute Gasteiger partial charge is 0.126 e. The van der Waals surface area contributed by atoms with E-state index in [1.54, 1.807) is 24.2 Å². The van der Waals surface area contributed by atoms with Crippen molar-refractivity contribution in [2.24, 2.45) is 5.73 Å². The second-order valence-corrected chi connectivity index (χ2v) is 7.86. The van der Waals surface area contributed by atoms with Gasteiger partial charge in [-0.05, 0) is 58.6 Å². The number of carbonyl (C=O) groups excluding carboxylic acids is 1. The average molecular weight is 419 g/mol. The summed E-state index contributed by atoms with van der Waals surface area (Å²) >= 11 is 5.23. The van der Waals surface area contributed by atoms with Crippen LogP contribution in [0.1, 0.15) is 38.2 Å². The standard InChI is InChI=1S/C20H23BrN2OS/c1-3-16(15-9-11-23-12-10-15)17(13-24)20(22,4-2)14-25-19-8-6-5-7-18(19)21/h5-12,16H,3-4,14,22H2,1-2H3. The molecule has 0 aliphatic rings. The van der Waals surface area contributed by atoms with Crippen LogP contribution in [-0.4, -0.2) is 22.2 Å². The average Bonchev–Trinajstić information content (AvgIpc) is 2.65. The van der Waals surface area contributed by atoms with Gasteiger partial charge < -0.3 is 5.73 Å². The van der Waals surface area contributed by atoms with Gasteiger partial charge in [-0.15, -0.1) is 11.8 Å². The first-order valence-electron chi connectivity index (χ1n) is 8.37. The van der Waals surface area contributed by atoms with Crippen LogP contribution in [0.4, 0.5) is 0 Å². The Balaban J connectivity index is 2.28. The lowest BCUT2D eigenvalue weighted by molar-refractivity contribution is 0.488. The molecule has 0 radical (unpaired) electrons. The maximum Gasteiger partial charge on any atom is 0.126 e. The second-order valence-electron chi connectivity index (χ2n) is 5.99. The van der Waals surface area contributed by atoms with Crippen molar-refractivity contribution in [2.45, 2.75) is 43.0 Å². The SMILES string of the molecule is CCC(C(=C=O)C(N)(CC)CSc1ccccc1Br)c1ccncc1. The molecule has 25 heavy (non-hydrogen) atoms. The van der Waals surface area contributed by atoms with Gasteiger partial charge in [0.05, 0.1) is 5.54 Å². The van der Waals surface area contributed by atoms with Crippen LogP contribution in [0, 0.1) is 0 Å². The number of nitrogens with zero attached hydrogens (tertiary/aromatic N) is 1. The number of hydrogen-bond acceptors (Lipinski definition) is 4. The molecule has 1 aromatic carbocycles. The molecule has 1 heterocycles. The second kappa shape index (κ2) is 9.35. The van der Waals surface area contributed by atoms with E-state index in [1.165, 1.54) is 0 Å². The van der Waals surface area contributed by atoms with Crippen molar-refractivity contribution < 1.29 is 4.79 Å². The zero-order chi connectivity index (χ0) is 18.3. The topological polar surface area (TPSA) is 56.0 Å². The van der Waals surface area contributed by atoms with E-state index in [0.717, 1.165) is 21.4 Å². The summed E-state index contributed by atoms with van der Waals surface area (Å²) in [4.78, 5) is 17.1. The summed E-state index contributed by atoms with van der Waals surface area (Å²) in [5.74, 6) is 2.78. The Bertz CT molecular complexity index is 746. The summed E-state index contributed by atoms with van der Waals surface area (Å²) in [7, 11) is 0. The van der Waals surface area contributed by atoms with Crippen LogP contribution in [-0.2, 0) is 4.79 Å². The molecule has 5 heteroatoms. The van der Waals surface area contributed by atoms with Crippen molar-refractivity contribution in [3.05, 3.63) is 64.4 Å². The Morgan fingerprint density at radius 2 is 1.96 bits per heavy atom. The van der Waals surface area contributed by atoms with Crippen LogP contribution in [0.25, 0.3) is 0 Å². The van der Waals surface area contributed by atoms with Gasteiger partial charge in [-0.2, -0.15) is 0 Å². The van der Waals surface area contributed by atoms with Crippen LogP contribution in [0.2, 0.25) is 0 Å². The van der Waals surface area contributed by atoms with E-state index in [4.69, 9.17) is 5.73 Å². The minimum atomic E-state index is -0.703.